The van der Waals surface area contributed by atoms with Crippen LogP contribution < -0.4 is 4.74 Å². The van der Waals surface area contributed by atoms with Crippen molar-refractivity contribution in [1.82, 2.24) is 0 Å². The summed E-state index contributed by atoms with van der Waals surface area (Å²) in [5.74, 6) is 2.56. The van der Waals surface area contributed by atoms with Gasteiger partial charge in [-0.25, -0.2) is 0 Å². The number of thioether (sulfide) groups is 1. The lowest BCUT2D eigenvalue weighted by molar-refractivity contribution is 0.102. The third kappa shape index (κ3) is 3.78. The van der Waals surface area contributed by atoms with E-state index in [2.05, 4.69) is 0 Å². The molecular weight excluding hydrogens is 284 g/mol. The second-order valence-electron chi connectivity index (χ2n) is 3.84. The highest BCUT2D eigenvalue weighted by molar-refractivity contribution is 7.99. The third-order valence-electron chi connectivity index (χ3n) is 2.53. The lowest BCUT2D eigenvalue weighted by Gasteiger charge is -2.05. The van der Waals surface area contributed by atoms with E-state index >= 15 is 0 Å². The normalized spacial score (nSPS) is 10.4. The first-order valence-electron chi connectivity index (χ1n) is 5.67. The second kappa shape index (κ2) is 6.68. The Balaban J connectivity index is 1.91. The quantitative estimate of drug-likeness (QED) is 0.754. The maximum atomic E-state index is 12.0. The van der Waals surface area contributed by atoms with Crippen molar-refractivity contribution >= 4 is 29.1 Å². The van der Waals surface area contributed by atoms with E-state index < -0.39 is 0 Å². The number of hydrogen-bond acceptors (Lipinski definition) is 4. The smallest absolute Gasteiger partial charge is 0.172 e. The molecule has 1 heterocycles. The van der Waals surface area contributed by atoms with E-state index in [1.807, 2.05) is 12.1 Å². The maximum Gasteiger partial charge on any atom is 0.172 e. The number of halogens is 1. The molecule has 0 fully saturated rings. The van der Waals surface area contributed by atoms with E-state index in [0.717, 1.165) is 5.76 Å². The van der Waals surface area contributed by atoms with E-state index in [-0.39, 0.29) is 5.78 Å². The first kappa shape index (κ1) is 14.0. The summed E-state index contributed by atoms with van der Waals surface area (Å²) in [6.07, 6.45) is 1.63. The van der Waals surface area contributed by atoms with Crippen LogP contribution in [0.1, 0.15) is 16.1 Å². The maximum absolute atomic E-state index is 12.0. The molecule has 5 heteroatoms. The molecule has 3 nitrogen and oxygen atoms in total. The van der Waals surface area contributed by atoms with Gasteiger partial charge in [-0.15, -0.1) is 11.8 Å². The van der Waals surface area contributed by atoms with Crippen molar-refractivity contribution in [2.45, 2.75) is 5.75 Å². The molecule has 0 radical (unpaired) electrons. The van der Waals surface area contributed by atoms with Crippen molar-refractivity contribution in [1.29, 1.82) is 0 Å². The molecule has 0 aliphatic heterocycles. The van der Waals surface area contributed by atoms with Crippen molar-refractivity contribution < 1.29 is 13.9 Å². The van der Waals surface area contributed by atoms with Gasteiger partial charge < -0.3 is 9.15 Å². The van der Waals surface area contributed by atoms with Crippen LogP contribution in [0, 0.1) is 0 Å². The van der Waals surface area contributed by atoms with Crippen molar-refractivity contribution in [3.63, 3.8) is 0 Å². The Morgan fingerprint density at radius 2 is 2.26 bits per heavy atom. The molecule has 0 aliphatic carbocycles. The SMILES string of the molecule is COc1ccc(C(=O)CSCc2ccco2)cc1Cl. The van der Waals surface area contributed by atoms with Gasteiger partial charge in [0.25, 0.3) is 0 Å². The fourth-order valence-electron chi connectivity index (χ4n) is 1.56. The van der Waals surface area contributed by atoms with Crippen LogP contribution in [-0.2, 0) is 5.75 Å². The summed E-state index contributed by atoms with van der Waals surface area (Å²) < 4.78 is 10.2. The predicted octanol–water partition coefficient (Wildman–Crippen LogP) is 4.06. The minimum absolute atomic E-state index is 0.0427. The minimum atomic E-state index is 0.0427. The van der Waals surface area contributed by atoms with Crippen molar-refractivity contribution in [3.8, 4) is 5.75 Å². The summed E-state index contributed by atoms with van der Waals surface area (Å²) in [6, 6.07) is 8.78. The number of hydrogen-bond donors (Lipinski definition) is 0. The van der Waals surface area contributed by atoms with Crippen LogP contribution in [0.4, 0.5) is 0 Å². The number of carbonyl (C=O) groups excluding carboxylic acids is 1. The van der Waals surface area contributed by atoms with Crippen LogP contribution in [0.25, 0.3) is 0 Å². The van der Waals surface area contributed by atoms with E-state index in [1.165, 1.54) is 11.8 Å². The highest BCUT2D eigenvalue weighted by atomic mass is 35.5. The molecule has 1 aromatic carbocycles. The van der Waals surface area contributed by atoms with Gasteiger partial charge in [0.15, 0.2) is 5.78 Å². The van der Waals surface area contributed by atoms with E-state index in [4.69, 9.17) is 20.8 Å². The fourth-order valence-corrected chi connectivity index (χ4v) is 2.64. The van der Waals surface area contributed by atoms with Gasteiger partial charge in [-0.1, -0.05) is 11.6 Å². The molecule has 0 bridgehead atoms. The standard InChI is InChI=1S/C14H13ClO3S/c1-17-14-5-4-10(7-12(14)15)13(16)9-19-8-11-3-2-6-18-11/h2-7H,8-9H2,1H3. The Labute approximate surface area is 120 Å². The predicted molar refractivity (Wildman–Crippen MR) is 77.2 cm³/mol. The van der Waals surface area contributed by atoms with Gasteiger partial charge in [0.2, 0.25) is 0 Å². The molecule has 2 rings (SSSR count). The number of Topliss-reactive ketones (excluding diaryl/α,β-unsaturated/α-hetero) is 1. The Morgan fingerprint density at radius 3 is 2.89 bits per heavy atom. The van der Waals surface area contributed by atoms with Gasteiger partial charge in [0, 0.05) is 5.56 Å². The van der Waals surface area contributed by atoms with Gasteiger partial charge in [-0.05, 0) is 30.3 Å². The van der Waals surface area contributed by atoms with Crippen LogP contribution in [0.2, 0.25) is 5.02 Å². The molecule has 0 N–H and O–H groups in total. The van der Waals surface area contributed by atoms with Gasteiger partial charge in [0.05, 0.1) is 29.9 Å². The number of furan rings is 1. The lowest BCUT2D eigenvalue weighted by Crippen LogP contribution is -2.02. The number of rotatable bonds is 6. The topological polar surface area (TPSA) is 39.4 Å². The summed E-state index contributed by atoms with van der Waals surface area (Å²) in [7, 11) is 1.54. The van der Waals surface area contributed by atoms with Crippen molar-refractivity contribution in [3.05, 3.63) is 52.9 Å². The first-order chi connectivity index (χ1) is 9.20. The van der Waals surface area contributed by atoms with Crippen LogP contribution in [0.3, 0.4) is 0 Å². The van der Waals surface area contributed by atoms with E-state index in [1.54, 1.807) is 31.6 Å². The largest absolute Gasteiger partial charge is 0.495 e. The monoisotopic (exact) mass is 296 g/mol. The number of methoxy groups -OCH3 is 1. The number of carbonyl (C=O) groups is 1. The summed E-state index contributed by atoms with van der Waals surface area (Å²) in [5.41, 5.74) is 0.595. The molecule has 0 atom stereocenters. The molecule has 0 amide bonds. The molecule has 19 heavy (non-hydrogen) atoms. The molecule has 1 aromatic heterocycles. The van der Waals surface area contributed by atoms with Crippen LogP contribution >= 0.6 is 23.4 Å². The Kier molecular flexibility index (Phi) is 4.93. The van der Waals surface area contributed by atoms with Gasteiger partial charge in [-0.2, -0.15) is 0 Å². The zero-order valence-electron chi connectivity index (χ0n) is 10.4. The zero-order valence-corrected chi connectivity index (χ0v) is 12.0. The number of ether oxygens (including phenoxy) is 1. The minimum Gasteiger partial charge on any atom is -0.495 e. The zero-order chi connectivity index (χ0) is 13.7. The molecule has 0 spiro atoms. The average Bonchev–Trinajstić information content (AvgIpc) is 2.91. The van der Waals surface area contributed by atoms with Crippen molar-refractivity contribution in [2.75, 3.05) is 12.9 Å². The highest BCUT2D eigenvalue weighted by Crippen LogP contribution is 2.25. The fraction of sp³-hybridized carbons (Fsp3) is 0.214. The first-order valence-corrected chi connectivity index (χ1v) is 7.21. The third-order valence-corrected chi connectivity index (χ3v) is 3.78. The molecule has 0 aliphatic rings. The summed E-state index contributed by atoms with van der Waals surface area (Å²) in [5, 5.41) is 0.449. The average molecular weight is 297 g/mol. The number of ketones is 1. The Hall–Kier alpha value is -1.39. The molecule has 0 saturated carbocycles. The molecule has 0 saturated heterocycles. The Morgan fingerprint density at radius 1 is 1.42 bits per heavy atom. The van der Waals surface area contributed by atoms with Gasteiger partial charge in [-0.3, -0.25) is 4.79 Å². The van der Waals surface area contributed by atoms with Crippen molar-refractivity contribution in [2.24, 2.45) is 0 Å². The molecule has 0 unspecified atom stereocenters. The summed E-state index contributed by atoms with van der Waals surface area (Å²) >= 11 is 7.50. The Bertz CT molecular complexity index is 552. The summed E-state index contributed by atoms with van der Waals surface area (Å²) in [6.45, 7) is 0. The molecule has 100 valence electrons. The molecular formula is C14H13ClO3S. The van der Waals surface area contributed by atoms with E-state index in [9.17, 15) is 4.79 Å². The lowest BCUT2D eigenvalue weighted by atomic mass is 10.1. The van der Waals surface area contributed by atoms with Gasteiger partial charge >= 0.3 is 0 Å². The number of benzene rings is 1. The van der Waals surface area contributed by atoms with Crippen LogP contribution in [-0.4, -0.2) is 18.6 Å². The van der Waals surface area contributed by atoms with Crippen LogP contribution in [0.5, 0.6) is 5.75 Å². The van der Waals surface area contributed by atoms with E-state index in [0.29, 0.717) is 27.8 Å². The summed E-state index contributed by atoms with van der Waals surface area (Å²) in [4.78, 5) is 12.0. The molecule has 2 aromatic rings. The van der Waals surface area contributed by atoms with Gasteiger partial charge in [0.1, 0.15) is 11.5 Å². The van der Waals surface area contributed by atoms with Crippen LogP contribution in [0.15, 0.2) is 41.0 Å². The second-order valence-corrected chi connectivity index (χ2v) is 5.24. The highest BCUT2D eigenvalue weighted by Gasteiger charge is 2.09.